The van der Waals surface area contributed by atoms with E-state index in [-0.39, 0.29) is 18.2 Å². The molecular formula is C18H19ClN2O3. The number of benzene rings is 2. The molecule has 1 atom stereocenters. The normalized spacial score (nSPS) is 11.6. The average Bonchev–Trinajstić information content (AvgIpc) is 2.61. The highest BCUT2D eigenvalue weighted by Gasteiger charge is 2.22. The van der Waals surface area contributed by atoms with E-state index in [0.717, 1.165) is 10.6 Å². The molecule has 0 heterocycles. The second-order valence-corrected chi connectivity index (χ2v) is 5.60. The van der Waals surface area contributed by atoms with Crippen LogP contribution in [0, 0.1) is 0 Å². The molecule has 0 radical (unpaired) electrons. The van der Waals surface area contributed by atoms with Crippen LogP contribution in [0.5, 0.6) is 0 Å². The Kier molecular flexibility index (Phi) is 6.35. The number of rotatable bonds is 6. The average molecular weight is 347 g/mol. The molecule has 0 aromatic heterocycles. The molecule has 0 aliphatic carbocycles. The number of carbonyl (C=O) groups excluding carboxylic acids is 2. The summed E-state index contributed by atoms with van der Waals surface area (Å²) in [5.41, 5.74) is 1.20. The summed E-state index contributed by atoms with van der Waals surface area (Å²) in [6, 6.07) is 15.6. The van der Waals surface area contributed by atoms with E-state index >= 15 is 0 Å². The van der Waals surface area contributed by atoms with Gasteiger partial charge in [-0.15, -0.1) is 0 Å². The third-order valence-electron chi connectivity index (χ3n) is 3.63. The molecule has 24 heavy (non-hydrogen) atoms. The van der Waals surface area contributed by atoms with Crippen LogP contribution in [-0.4, -0.2) is 31.0 Å². The van der Waals surface area contributed by atoms with E-state index in [1.165, 1.54) is 14.2 Å². The Morgan fingerprint density at radius 3 is 2.38 bits per heavy atom. The summed E-state index contributed by atoms with van der Waals surface area (Å²) in [7, 11) is 2.94. The van der Waals surface area contributed by atoms with Crippen LogP contribution in [-0.2, 0) is 9.63 Å². The molecule has 0 saturated heterocycles. The predicted molar refractivity (Wildman–Crippen MR) is 92.5 cm³/mol. The maximum Gasteiger partial charge on any atom is 0.253 e. The molecule has 2 aromatic rings. The summed E-state index contributed by atoms with van der Waals surface area (Å²) in [5.74, 6) is -0.576. The molecule has 2 rings (SSSR count). The highest BCUT2D eigenvalue weighted by atomic mass is 35.5. The topological polar surface area (TPSA) is 58.6 Å². The highest BCUT2D eigenvalue weighted by Crippen LogP contribution is 2.21. The predicted octanol–water partition coefficient (Wildman–Crippen LogP) is 3.22. The van der Waals surface area contributed by atoms with Crippen molar-refractivity contribution in [3.05, 3.63) is 70.7 Å². The van der Waals surface area contributed by atoms with Crippen LogP contribution in [0.15, 0.2) is 54.6 Å². The standard InChI is InChI=1S/C18H19ClN2O3/c1-21(24-2)17(22)12-16(13-8-4-3-5-9-13)20-18(23)14-10-6-7-11-15(14)19/h3-11,16H,12H2,1-2H3,(H,20,23). The molecule has 0 aliphatic heterocycles. The van der Waals surface area contributed by atoms with E-state index in [0.29, 0.717) is 10.6 Å². The fourth-order valence-corrected chi connectivity index (χ4v) is 2.45. The van der Waals surface area contributed by atoms with Crippen molar-refractivity contribution >= 4 is 23.4 Å². The maximum absolute atomic E-state index is 12.5. The summed E-state index contributed by atoms with van der Waals surface area (Å²) in [6.45, 7) is 0. The minimum absolute atomic E-state index is 0.0740. The van der Waals surface area contributed by atoms with Gasteiger partial charge in [0.25, 0.3) is 5.91 Å². The van der Waals surface area contributed by atoms with Crippen LogP contribution >= 0.6 is 11.6 Å². The van der Waals surface area contributed by atoms with Crippen LogP contribution in [0.1, 0.15) is 28.4 Å². The Balaban J connectivity index is 2.22. The zero-order chi connectivity index (χ0) is 17.5. The fourth-order valence-electron chi connectivity index (χ4n) is 2.22. The second-order valence-electron chi connectivity index (χ2n) is 5.19. The molecule has 0 saturated carbocycles. The number of nitrogens with zero attached hydrogens (tertiary/aromatic N) is 1. The SMILES string of the molecule is CON(C)C(=O)CC(NC(=O)c1ccccc1Cl)c1ccccc1. The minimum atomic E-state index is -0.486. The summed E-state index contributed by atoms with van der Waals surface area (Å²) in [6.07, 6.45) is 0.0740. The van der Waals surface area contributed by atoms with Crippen LogP contribution in [0.3, 0.4) is 0 Å². The molecule has 0 bridgehead atoms. The Labute approximate surface area is 146 Å². The highest BCUT2D eigenvalue weighted by molar-refractivity contribution is 6.33. The fraction of sp³-hybridized carbons (Fsp3) is 0.222. The number of carbonyl (C=O) groups is 2. The quantitative estimate of drug-likeness (QED) is 0.817. The van der Waals surface area contributed by atoms with Crippen molar-refractivity contribution in [1.29, 1.82) is 0 Å². The van der Waals surface area contributed by atoms with Gasteiger partial charge in [-0.1, -0.05) is 54.1 Å². The lowest BCUT2D eigenvalue weighted by molar-refractivity contribution is -0.169. The maximum atomic E-state index is 12.5. The van der Waals surface area contributed by atoms with Crippen LogP contribution in [0.25, 0.3) is 0 Å². The van der Waals surface area contributed by atoms with Gasteiger partial charge in [0.2, 0.25) is 5.91 Å². The molecule has 0 fully saturated rings. The van der Waals surface area contributed by atoms with Gasteiger partial charge in [0, 0.05) is 7.05 Å². The van der Waals surface area contributed by atoms with E-state index in [2.05, 4.69) is 5.32 Å². The zero-order valence-electron chi connectivity index (χ0n) is 13.5. The van der Waals surface area contributed by atoms with E-state index < -0.39 is 6.04 Å². The second kappa shape index (κ2) is 8.47. The summed E-state index contributed by atoms with van der Waals surface area (Å²) >= 11 is 6.07. The lowest BCUT2D eigenvalue weighted by Crippen LogP contribution is -2.34. The molecule has 2 amide bonds. The van der Waals surface area contributed by atoms with E-state index in [1.54, 1.807) is 24.3 Å². The number of hydrogen-bond acceptors (Lipinski definition) is 3. The molecule has 6 heteroatoms. The first-order valence-electron chi connectivity index (χ1n) is 7.44. The van der Waals surface area contributed by atoms with Gasteiger partial charge in [0.15, 0.2) is 0 Å². The van der Waals surface area contributed by atoms with Gasteiger partial charge in [0.1, 0.15) is 0 Å². The van der Waals surface area contributed by atoms with Gasteiger partial charge in [-0.25, -0.2) is 5.06 Å². The zero-order valence-corrected chi connectivity index (χ0v) is 14.3. The van der Waals surface area contributed by atoms with Crippen LogP contribution in [0.2, 0.25) is 5.02 Å². The Morgan fingerprint density at radius 2 is 1.75 bits per heavy atom. The van der Waals surface area contributed by atoms with Crippen LogP contribution < -0.4 is 5.32 Å². The minimum Gasteiger partial charge on any atom is -0.345 e. The molecule has 5 nitrogen and oxygen atoms in total. The summed E-state index contributed by atoms with van der Waals surface area (Å²) in [4.78, 5) is 29.6. The van der Waals surface area contributed by atoms with Gasteiger partial charge in [-0.2, -0.15) is 0 Å². The van der Waals surface area contributed by atoms with Crippen LogP contribution in [0.4, 0.5) is 0 Å². The van der Waals surface area contributed by atoms with E-state index in [1.807, 2.05) is 30.3 Å². The molecule has 1 N–H and O–H groups in total. The van der Waals surface area contributed by atoms with Crippen molar-refractivity contribution in [3.63, 3.8) is 0 Å². The molecule has 2 aromatic carbocycles. The Hall–Kier alpha value is -2.37. The van der Waals surface area contributed by atoms with Gasteiger partial charge < -0.3 is 5.32 Å². The van der Waals surface area contributed by atoms with Gasteiger partial charge in [0.05, 0.1) is 30.2 Å². The van der Waals surface area contributed by atoms with Gasteiger partial charge in [-0.05, 0) is 17.7 Å². The number of halogens is 1. The van der Waals surface area contributed by atoms with Crippen molar-refractivity contribution in [2.75, 3.05) is 14.2 Å². The van der Waals surface area contributed by atoms with Gasteiger partial charge >= 0.3 is 0 Å². The van der Waals surface area contributed by atoms with E-state index in [9.17, 15) is 9.59 Å². The van der Waals surface area contributed by atoms with Crippen molar-refractivity contribution < 1.29 is 14.4 Å². The van der Waals surface area contributed by atoms with Crippen molar-refractivity contribution in [1.82, 2.24) is 10.4 Å². The summed E-state index contributed by atoms with van der Waals surface area (Å²) in [5, 5.41) is 4.37. The first kappa shape index (κ1) is 18.0. The van der Waals surface area contributed by atoms with E-state index in [4.69, 9.17) is 16.4 Å². The molecular weight excluding hydrogens is 328 g/mol. The number of nitrogens with one attached hydrogen (secondary N) is 1. The summed E-state index contributed by atoms with van der Waals surface area (Å²) < 4.78 is 0. The van der Waals surface area contributed by atoms with Crippen molar-refractivity contribution in [3.8, 4) is 0 Å². The first-order valence-corrected chi connectivity index (χ1v) is 7.81. The largest absolute Gasteiger partial charge is 0.345 e. The Bertz CT molecular complexity index is 706. The van der Waals surface area contributed by atoms with Crippen molar-refractivity contribution in [2.45, 2.75) is 12.5 Å². The molecule has 0 aliphatic rings. The molecule has 0 spiro atoms. The molecule has 126 valence electrons. The lowest BCUT2D eigenvalue weighted by atomic mass is 10.0. The third-order valence-corrected chi connectivity index (χ3v) is 3.96. The molecule has 1 unspecified atom stereocenters. The lowest BCUT2D eigenvalue weighted by Gasteiger charge is -2.22. The number of hydroxylamine groups is 2. The number of amides is 2. The third kappa shape index (κ3) is 4.57. The van der Waals surface area contributed by atoms with Crippen molar-refractivity contribution in [2.24, 2.45) is 0 Å². The van der Waals surface area contributed by atoms with Gasteiger partial charge in [-0.3, -0.25) is 14.4 Å². The Morgan fingerprint density at radius 1 is 1.12 bits per heavy atom. The number of hydrogen-bond donors (Lipinski definition) is 1. The smallest absolute Gasteiger partial charge is 0.253 e. The first-order chi connectivity index (χ1) is 11.5. The monoisotopic (exact) mass is 346 g/mol.